The first-order chi connectivity index (χ1) is 13.8. The Balaban J connectivity index is 1.60. The van der Waals surface area contributed by atoms with Gasteiger partial charge in [-0.1, -0.05) is 13.8 Å². The maximum atomic E-state index is 13.0. The Hall–Kier alpha value is -2.19. The maximum absolute atomic E-state index is 13.0. The van der Waals surface area contributed by atoms with E-state index >= 15 is 0 Å². The third-order valence-corrected chi connectivity index (χ3v) is 6.59. The highest BCUT2D eigenvalue weighted by Gasteiger charge is 2.24. The molecule has 4 rings (SSSR count). The number of hydrogen-bond acceptors (Lipinski definition) is 5. The summed E-state index contributed by atoms with van der Waals surface area (Å²) in [6.45, 7) is 10.3. The molecule has 0 radical (unpaired) electrons. The van der Waals surface area contributed by atoms with E-state index in [9.17, 15) is 9.59 Å². The van der Waals surface area contributed by atoms with Crippen LogP contribution in [0, 0.1) is 0 Å². The maximum Gasteiger partial charge on any atom is 0.291 e. The second-order valence-corrected chi connectivity index (χ2v) is 9.41. The minimum Gasteiger partial charge on any atom is -0.350 e. The molecule has 1 saturated heterocycles. The van der Waals surface area contributed by atoms with Gasteiger partial charge in [0.25, 0.3) is 5.56 Å². The molecule has 1 aliphatic rings. The van der Waals surface area contributed by atoms with Gasteiger partial charge in [0, 0.05) is 29.9 Å². The molecule has 1 N–H and O–H groups in total. The van der Waals surface area contributed by atoms with Crippen molar-refractivity contribution in [3.63, 3.8) is 0 Å². The molecule has 1 atom stereocenters. The topological polar surface area (TPSA) is 71.6 Å². The van der Waals surface area contributed by atoms with Gasteiger partial charge in [0.2, 0.25) is 5.91 Å². The van der Waals surface area contributed by atoms with Crippen LogP contribution in [0.4, 0.5) is 0 Å². The Morgan fingerprint density at radius 3 is 2.86 bits per heavy atom. The smallest absolute Gasteiger partial charge is 0.291 e. The Bertz CT molecular complexity index is 1090. The van der Waals surface area contributed by atoms with E-state index in [2.05, 4.69) is 43.0 Å². The lowest BCUT2D eigenvalue weighted by atomic mass is 10.0. The number of hydrogen-bond donors (Lipinski definition) is 1. The standard InChI is InChI=1S/C21H29N5O2S/c1-13(2)19-23-25(20(28)17-10-15-7-9-29-21(15)26(17)19)12-18(27)22-16-6-5-8-24(11-16)14(3)4/h7,9-10,13-14,16H,5-6,8,11-12H2,1-4H3,(H,22,27)/t16-/m1/s1. The van der Waals surface area contributed by atoms with E-state index in [0.717, 1.165) is 42.0 Å². The van der Waals surface area contributed by atoms with Gasteiger partial charge in [0.15, 0.2) is 0 Å². The average Bonchev–Trinajstić information content (AvgIpc) is 3.25. The highest BCUT2D eigenvalue weighted by Crippen LogP contribution is 2.26. The Morgan fingerprint density at radius 2 is 2.14 bits per heavy atom. The van der Waals surface area contributed by atoms with E-state index in [1.165, 1.54) is 4.68 Å². The number of amides is 1. The molecule has 0 aromatic carbocycles. The van der Waals surface area contributed by atoms with Crippen LogP contribution in [0.25, 0.3) is 15.7 Å². The quantitative estimate of drug-likeness (QED) is 0.696. The van der Waals surface area contributed by atoms with Crippen molar-refractivity contribution in [3.05, 3.63) is 33.7 Å². The van der Waals surface area contributed by atoms with Crippen LogP contribution in [0.1, 0.15) is 52.3 Å². The number of thiophene rings is 1. The molecule has 29 heavy (non-hydrogen) atoms. The molecule has 0 saturated carbocycles. The second kappa shape index (κ2) is 7.91. The van der Waals surface area contributed by atoms with Crippen LogP contribution in [0.3, 0.4) is 0 Å². The normalized spacial score (nSPS) is 18.3. The van der Waals surface area contributed by atoms with E-state index in [-0.39, 0.29) is 30.0 Å². The van der Waals surface area contributed by atoms with Crippen LogP contribution in [0.15, 0.2) is 22.3 Å². The summed E-state index contributed by atoms with van der Waals surface area (Å²) in [6, 6.07) is 4.51. The van der Waals surface area contributed by atoms with Crippen molar-refractivity contribution < 1.29 is 4.79 Å². The number of nitrogens with one attached hydrogen (secondary N) is 1. The van der Waals surface area contributed by atoms with Gasteiger partial charge in [-0.2, -0.15) is 5.10 Å². The van der Waals surface area contributed by atoms with Crippen molar-refractivity contribution >= 4 is 33.0 Å². The van der Waals surface area contributed by atoms with Gasteiger partial charge >= 0.3 is 0 Å². The molecule has 1 amide bonds. The summed E-state index contributed by atoms with van der Waals surface area (Å²) in [7, 11) is 0. The van der Waals surface area contributed by atoms with E-state index < -0.39 is 0 Å². The van der Waals surface area contributed by atoms with Gasteiger partial charge in [-0.05, 0) is 50.7 Å². The SMILES string of the molecule is CC(C)c1nn(CC(=O)N[C@@H]2CCCN(C(C)C)C2)c(=O)c2cc3ccsc3n12. The monoisotopic (exact) mass is 415 g/mol. The molecule has 0 aliphatic carbocycles. The predicted octanol–water partition coefficient (Wildman–Crippen LogP) is 2.82. The Morgan fingerprint density at radius 1 is 1.34 bits per heavy atom. The van der Waals surface area contributed by atoms with E-state index in [1.807, 2.05) is 21.9 Å². The number of carbonyl (C=O) groups is 1. The van der Waals surface area contributed by atoms with Crippen molar-refractivity contribution in [2.45, 2.75) is 65.1 Å². The lowest BCUT2D eigenvalue weighted by Gasteiger charge is -2.35. The van der Waals surface area contributed by atoms with E-state index in [4.69, 9.17) is 0 Å². The molecule has 8 heteroatoms. The molecule has 1 fully saturated rings. The number of nitrogens with zero attached hydrogens (tertiary/aromatic N) is 4. The number of aromatic nitrogens is 3. The lowest BCUT2D eigenvalue weighted by molar-refractivity contribution is -0.123. The molecule has 3 aromatic rings. The van der Waals surface area contributed by atoms with E-state index in [1.54, 1.807) is 11.3 Å². The molecule has 7 nitrogen and oxygen atoms in total. The van der Waals surface area contributed by atoms with E-state index in [0.29, 0.717) is 11.6 Å². The van der Waals surface area contributed by atoms with Crippen molar-refractivity contribution in [1.29, 1.82) is 0 Å². The molecule has 1 aliphatic heterocycles. The first-order valence-corrected chi connectivity index (χ1v) is 11.3. The fourth-order valence-electron chi connectivity index (χ4n) is 4.14. The average molecular weight is 416 g/mol. The molecular weight excluding hydrogens is 386 g/mol. The van der Waals surface area contributed by atoms with Crippen molar-refractivity contribution in [1.82, 2.24) is 24.4 Å². The van der Waals surface area contributed by atoms with Gasteiger partial charge in [0.05, 0.1) is 0 Å². The first kappa shape index (κ1) is 20.1. The van der Waals surface area contributed by atoms with Crippen LogP contribution < -0.4 is 10.9 Å². The number of rotatable bonds is 5. The molecule has 3 aromatic heterocycles. The van der Waals surface area contributed by atoms with Gasteiger partial charge in [-0.25, -0.2) is 4.68 Å². The summed E-state index contributed by atoms with van der Waals surface area (Å²) in [5.41, 5.74) is 0.363. The minimum atomic E-state index is -0.222. The predicted molar refractivity (Wildman–Crippen MR) is 117 cm³/mol. The largest absolute Gasteiger partial charge is 0.350 e. The van der Waals surface area contributed by atoms with Gasteiger partial charge in [-0.15, -0.1) is 11.3 Å². The summed E-state index contributed by atoms with van der Waals surface area (Å²) in [6.07, 6.45) is 2.05. The second-order valence-electron chi connectivity index (χ2n) is 8.52. The van der Waals surface area contributed by atoms with Crippen LogP contribution in [-0.4, -0.2) is 50.2 Å². The first-order valence-electron chi connectivity index (χ1n) is 10.4. The van der Waals surface area contributed by atoms with Crippen molar-refractivity contribution in [2.75, 3.05) is 13.1 Å². The van der Waals surface area contributed by atoms with Crippen LogP contribution in [0.2, 0.25) is 0 Å². The van der Waals surface area contributed by atoms with Crippen LogP contribution in [-0.2, 0) is 11.3 Å². The van der Waals surface area contributed by atoms with Crippen LogP contribution in [0.5, 0.6) is 0 Å². The minimum absolute atomic E-state index is 0.0495. The summed E-state index contributed by atoms with van der Waals surface area (Å²) in [5.74, 6) is 0.777. The summed E-state index contributed by atoms with van der Waals surface area (Å²) in [4.78, 5) is 29.2. The highest BCUT2D eigenvalue weighted by molar-refractivity contribution is 7.16. The number of likely N-dealkylation sites (tertiary alicyclic amines) is 1. The summed E-state index contributed by atoms with van der Waals surface area (Å²) >= 11 is 1.60. The molecule has 0 spiro atoms. The number of piperidine rings is 1. The van der Waals surface area contributed by atoms with Crippen LogP contribution >= 0.6 is 11.3 Å². The summed E-state index contributed by atoms with van der Waals surface area (Å²) in [5, 5.41) is 10.7. The van der Waals surface area contributed by atoms with Gasteiger partial charge < -0.3 is 5.32 Å². The fourth-order valence-corrected chi connectivity index (χ4v) is 5.04. The molecule has 0 unspecified atom stereocenters. The highest BCUT2D eigenvalue weighted by atomic mass is 32.1. The zero-order valence-corrected chi connectivity index (χ0v) is 18.3. The molecule has 0 bridgehead atoms. The molecule has 156 valence electrons. The third-order valence-electron chi connectivity index (χ3n) is 5.67. The van der Waals surface area contributed by atoms with Crippen molar-refractivity contribution in [2.24, 2.45) is 0 Å². The number of carbonyl (C=O) groups excluding carboxylic acids is 1. The van der Waals surface area contributed by atoms with Gasteiger partial charge in [0.1, 0.15) is 22.7 Å². The van der Waals surface area contributed by atoms with Gasteiger partial charge in [-0.3, -0.25) is 18.9 Å². The molecule has 4 heterocycles. The third kappa shape index (κ3) is 3.83. The summed E-state index contributed by atoms with van der Waals surface area (Å²) < 4.78 is 3.27. The number of fused-ring (bicyclic) bond motifs is 3. The molecular formula is C21H29N5O2S. The zero-order valence-electron chi connectivity index (χ0n) is 17.5. The lowest BCUT2D eigenvalue weighted by Crippen LogP contribution is -2.50. The zero-order chi connectivity index (χ0) is 20.7. The fraction of sp³-hybridized carbons (Fsp3) is 0.571. The van der Waals surface area contributed by atoms with Crippen molar-refractivity contribution in [3.8, 4) is 0 Å². The Kier molecular flexibility index (Phi) is 5.48. The Labute approximate surface area is 174 Å².